The summed E-state index contributed by atoms with van der Waals surface area (Å²) >= 11 is 0. The van der Waals surface area contributed by atoms with E-state index in [2.05, 4.69) is 15.1 Å². The molecule has 0 amide bonds. The highest BCUT2D eigenvalue weighted by Crippen LogP contribution is 2.32. The van der Waals surface area contributed by atoms with Crippen molar-refractivity contribution >= 4 is 17.0 Å². The molecular weight excluding hydrogens is 375 g/mol. The third kappa shape index (κ3) is 3.37. The van der Waals surface area contributed by atoms with Crippen molar-refractivity contribution in [2.45, 2.75) is 24.9 Å². The number of halogens is 3. The first-order chi connectivity index (χ1) is 13.3. The summed E-state index contributed by atoms with van der Waals surface area (Å²) in [5.41, 5.74) is 0.472. The first-order valence-corrected chi connectivity index (χ1v) is 8.74. The van der Waals surface area contributed by atoms with Crippen molar-refractivity contribution in [2.75, 3.05) is 18.0 Å². The number of anilines is 1. The van der Waals surface area contributed by atoms with E-state index in [1.54, 1.807) is 12.1 Å². The molecule has 3 aromatic rings. The van der Waals surface area contributed by atoms with Crippen molar-refractivity contribution in [1.29, 1.82) is 0 Å². The van der Waals surface area contributed by atoms with Crippen LogP contribution in [0.5, 0.6) is 0 Å². The van der Waals surface area contributed by atoms with Crippen LogP contribution in [0, 0.1) is 10.1 Å². The molecule has 0 N–H and O–H groups in total. The van der Waals surface area contributed by atoms with Gasteiger partial charge < -0.3 is 4.90 Å². The third-order valence-corrected chi connectivity index (χ3v) is 4.97. The lowest BCUT2D eigenvalue weighted by Crippen LogP contribution is -2.35. The van der Waals surface area contributed by atoms with Crippen molar-refractivity contribution < 1.29 is 18.1 Å². The Morgan fingerprint density at radius 2 is 1.86 bits per heavy atom. The molecule has 1 fully saturated rings. The van der Waals surface area contributed by atoms with Gasteiger partial charge in [0.25, 0.3) is 5.69 Å². The van der Waals surface area contributed by atoms with Crippen LogP contribution in [0.3, 0.4) is 0 Å². The maximum atomic E-state index is 13.1. The van der Waals surface area contributed by atoms with Gasteiger partial charge >= 0.3 is 6.18 Å². The largest absolute Gasteiger partial charge is 0.417 e. The van der Waals surface area contributed by atoms with Gasteiger partial charge in [-0.15, -0.1) is 10.2 Å². The summed E-state index contributed by atoms with van der Waals surface area (Å²) in [6, 6.07) is 8.57. The fourth-order valence-corrected chi connectivity index (χ4v) is 3.56. The number of non-ortho nitro benzene ring substituents is 1. The average molecular weight is 391 g/mol. The molecule has 146 valence electrons. The second kappa shape index (κ2) is 6.77. The number of hydrogen-bond donors (Lipinski definition) is 0. The molecule has 0 saturated carbocycles. The topological polar surface area (TPSA) is 76.6 Å². The maximum Gasteiger partial charge on any atom is 0.417 e. The minimum absolute atomic E-state index is 0.0143. The lowest BCUT2D eigenvalue weighted by atomic mass is 9.96. The Kier molecular flexibility index (Phi) is 4.40. The third-order valence-electron chi connectivity index (χ3n) is 4.97. The molecule has 1 saturated heterocycles. The van der Waals surface area contributed by atoms with Crippen molar-refractivity contribution in [3.8, 4) is 0 Å². The van der Waals surface area contributed by atoms with Crippen molar-refractivity contribution in [2.24, 2.45) is 0 Å². The van der Waals surface area contributed by atoms with Crippen molar-refractivity contribution in [1.82, 2.24) is 14.6 Å². The first-order valence-electron chi connectivity index (χ1n) is 8.74. The van der Waals surface area contributed by atoms with Gasteiger partial charge in [-0.05, 0) is 37.1 Å². The highest BCUT2D eigenvalue weighted by molar-refractivity contribution is 5.51. The van der Waals surface area contributed by atoms with Crippen LogP contribution < -0.4 is 4.90 Å². The van der Waals surface area contributed by atoms with E-state index < -0.39 is 16.7 Å². The molecule has 4 rings (SSSR count). The number of hydrogen-bond acceptors (Lipinski definition) is 5. The van der Waals surface area contributed by atoms with E-state index in [-0.39, 0.29) is 11.6 Å². The molecule has 1 aliphatic rings. The van der Waals surface area contributed by atoms with Crippen LogP contribution in [0.4, 0.5) is 24.5 Å². The Bertz CT molecular complexity index is 1020. The van der Waals surface area contributed by atoms with E-state index in [9.17, 15) is 23.3 Å². The molecule has 0 bridgehead atoms. The van der Waals surface area contributed by atoms with E-state index in [4.69, 9.17) is 0 Å². The van der Waals surface area contributed by atoms with E-state index in [0.717, 1.165) is 37.3 Å². The van der Waals surface area contributed by atoms with Gasteiger partial charge in [-0.25, -0.2) is 0 Å². The van der Waals surface area contributed by atoms with Crippen LogP contribution in [0.15, 0.2) is 42.6 Å². The van der Waals surface area contributed by atoms with E-state index in [1.165, 1.54) is 22.6 Å². The number of alkyl halides is 3. The number of nitrogens with zero attached hydrogens (tertiary/aromatic N) is 5. The van der Waals surface area contributed by atoms with Crippen molar-refractivity contribution in [3.05, 3.63) is 64.1 Å². The molecular formula is C18H16F3N5O2. The Hall–Kier alpha value is -3.17. The van der Waals surface area contributed by atoms with Gasteiger partial charge in [0.05, 0.1) is 10.5 Å². The number of pyridine rings is 1. The fourth-order valence-electron chi connectivity index (χ4n) is 3.56. The summed E-state index contributed by atoms with van der Waals surface area (Å²) in [6.45, 7) is 1.31. The molecule has 1 unspecified atom stereocenters. The number of rotatable bonds is 3. The summed E-state index contributed by atoms with van der Waals surface area (Å²) in [4.78, 5) is 12.4. The van der Waals surface area contributed by atoms with Gasteiger partial charge in [-0.3, -0.25) is 14.5 Å². The lowest BCUT2D eigenvalue weighted by Gasteiger charge is -2.33. The zero-order valence-electron chi connectivity index (χ0n) is 14.6. The number of nitro groups is 1. The number of benzene rings is 1. The zero-order chi connectivity index (χ0) is 19.9. The SMILES string of the molecule is O=[N+]([O-])c1ccc(N2CCCC(c3nnc4ccc(C(F)(F)F)cn34)C2)cc1. The maximum absolute atomic E-state index is 13.1. The van der Waals surface area contributed by atoms with Gasteiger partial charge in [0.15, 0.2) is 5.65 Å². The second-order valence-electron chi connectivity index (χ2n) is 6.76. The molecule has 3 heterocycles. The Labute approximate surface area is 157 Å². The predicted octanol–water partition coefficient (Wildman–Crippen LogP) is 4.04. The summed E-state index contributed by atoms with van der Waals surface area (Å²) in [6.07, 6.45) is -1.79. The quantitative estimate of drug-likeness (QED) is 0.498. The van der Waals surface area contributed by atoms with E-state index in [1.807, 2.05) is 0 Å². The van der Waals surface area contributed by atoms with Crippen LogP contribution in [0.2, 0.25) is 0 Å². The monoisotopic (exact) mass is 391 g/mol. The molecule has 7 nitrogen and oxygen atoms in total. The summed E-state index contributed by atoms with van der Waals surface area (Å²) in [5, 5.41) is 18.9. The lowest BCUT2D eigenvalue weighted by molar-refractivity contribution is -0.384. The highest BCUT2D eigenvalue weighted by Gasteiger charge is 2.32. The molecule has 10 heteroatoms. The normalized spacial score (nSPS) is 17.8. The highest BCUT2D eigenvalue weighted by atomic mass is 19.4. The summed E-state index contributed by atoms with van der Waals surface area (Å²) in [5.74, 6) is 0.398. The molecule has 1 aromatic carbocycles. The number of piperidine rings is 1. The van der Waals surface area contributed by atoms with Crippen LogP contribution in [-0.2, 0) is 6.18 Å². The van der Waals surface area contributed by atoms with Crippen molar-refractivity contribution in [3.63, 3.8) is 0 Å². The van der Waals surface area contributed by atoms with E-state index >= 15 is 0 Å². The van der Waals surface area contributed by atoms with Crippen LogP contribution in [-0.4, -0.2) is 32.6 Å². The zero-order valence-corrected chi connectivity index (χ0v) is 14.6. The molecule has 0 radical (unpaired) electrons. The molecule has 28 heavy (non-hydrogen) atoms. The summed E-state index contributed by atoms with van der Waals surface area (Å²) < 4.78 is 40.6. The Morgan fingerprint density at radius 1 is 1.11 bits per heavy atom. The molecule has 0 spiro atoms. The fraction of sp³-hybridized carbons (Fsp3) is 0.333. The second-order valence-corrected chi connectivity index (χ2v) is 6.76. The van der Waals surface area contributed by atoms with Crippen LogP contribution in [0.1, 0.15) is 30.1 Å². The minimum atomic E-state index is -4.44. The Balaban J connectivity index is 1.61. The van der Waals surface area contributed by atoms with E-state index in [0.29, 0.717) is 18.0 Å². The molecule has 0 aliphatic carbocycles. The summed E-state index contributed by atoms with van der Waals surface area (Å²) in [7, 11) is 0. The molecule has 2 aromatic heterocycles. The van der Waals surface area contributed by atoms with Gasteiger partial charge in [-0.1, -0.05) is 0 Å². The van der Waals surface area contributed by atoms with Crippen LogP contribution in [0.25, 0.3) is 5.65 Å². The molecule has 1 aliphatic heterocycles. The van der Waals surface area contributed by atoms with Gasteiger partial charge in [0.2, 0.25) is 0 Å². The smallest absolute Gasteiger partial charge is 0.371 e. The average Bonchev–Trinajstić information content (AvgIpc) is 3.11. The number of fused-ring (bicyclic) bond motifs is 1. The van der Waals surface area contributed by atoms with Crippen LogP contribution >= 0.6 is 0 Å². The first kappa shape index (κ1) is 18.2. The number of nitro benzene ring substituents is 1. The number of aromatic nitrogens is 3. The Morgan fingerprint density at radius 3 is 2.54 bits per heavy atom. The minimum Gasteiger partial charge on any atom is -0.371 e. The van der Waals surface area contributed by atoms with Gasteiger partial charge in [0.1, 0.15) is 5.82 Å². The standard InChI is InChI=1S/C18H16F3N5O2/c19-18(20,21)13-3-8-16-22-23-17(25(16)11-13)12-2-1-9-24(10-12)14-4-6-15(7-5-14)26(27)28/h3-8,11-12H,1-2,9-10H2. The predicted molar refractivity (Wildman–Crippen MR) is 95.3 cm³/mol. The van der Waals surface area contributed by atoms with Gasteiger partial charge in [0, 0.05) is 43.0 Å². The van der Waals surface area contributed by atoms with Gasteiger partial charge in [-0.2, -0.15) is 13.2 Å². The molecule has 1 atom stereocenters.